The van der Waals surface area contributed by atoms with Gasteiger partial charge in [0.15, 0.2) is 0 Å². The molecular weight excluding hydrogens is 152 g/mol. The van der Waals surface area contributed by atoms with Crippen molar-refractivity contribution in [1.82, 2.24) is 0 Å². The van der Waals surface area contributed by atoms with E-state index in [-0.39, 0.29) is 12.7 Å². The maximum Gasteiger partial charge on any atom is 0.0540 e. The fraction of sp³-hybridized carbons (Fsp3) is 1.00. The third-order valence-electron chi connectivity index (χ3n) is 2.09. The summed E-state index contributed by atoms with van der Waals surface area (Å²) in [6.45, 7) is 2.42. The van der Waals surface area contributed by atoms with Gasteiger partial charge in [-0.2, -0.15) is 0 Å². The molecule has 0 radical (unpaired) electrons. The summed E-state index contributed by atoms with van der Waals surface area (Å²) in [5.74, 6) is 0. The molecule has 0 aliphatic carbocycles. The summed E-state index contributed by atoms with van der Waals surface area (Å²) in [7, 11) is 0. The first-order chi connectivity index (χ1) is 5.81. The van der Waals surface area contributed by atoms with Gasteiger partial charge in [0, 0.05) is 6.61 Å². The second kappa shape index (κ2) is 9.01. The molecule has 2 N–H and O–H groups in total. The molecule has 0 aromatic rings. The van der Waals surface area contributed by atoms with Crippen molar-refractivity contribution in [2.24, 2.45) is 0 Å². The summed E-state index contributed by atoms with van der Waals surface area (Å²) < 4.78 is 0. The van der Waals surface area contributed by atoms with E-state index in [1.165, 1.54) is 12.8 Å². The Labute approximate surface area is 75.6 Å². The fourth-order valence-corrected chi connectivity index (χ4v) is 1.27. The quantitative estimate of drug-likeness (QED) is 0.553. The molecule has 0 spiro atoms. The van der Waals surface area contributed by atoms with Crippen LogP contribution in [-0.2, 0) is 0 Å². The number of hydrogen-bond donors (Lipinski definition) is 2. The Morgan fingerprint density at radius 1 is 1.00 bits per heavy atom. The molecule has 0 heterocycles. The van der Waals surface area contributed by atoms with E-state index in [2.05, 4.69) is 6.92 Å². The monoisotopic (exact) mass is 174 g/mol. The summed E-state index contributed by atoms with van der Waals surface area (Å²) in [5.41, 5.74) is 0. The molecule has 0 aliphatic rings. The van der Waals surface area contributed by atoms with Crippen LogP contribution in [0.25, 0.3) is 0 Å². The van der Waals surface area contributed by atoms with Crippen LogP contribution in [-0.4, -0.2) is 22.9 Å². The minimum atomic E-state index is -0.136. The predicted octanol–water partition coefficient (Wildman–Crippen LogP) is 2.09. The number of unbranched alkanes of at least 4 members (excludes halogenated alkanes) is 3. The standard InChI is InChI=1S/C10H22O2/c1-2-3-4-7-10(12)8-5-6-9-11/h10-12H,2-9H2,1H3/t10-/m1/s1. The SMILES string of the molecule is CCCCC[C@@H](O)CCCCO. The highest BCUT2D eigenvalue weighted by Gasteiger charge is 2.02. The maximum absolute atomic E-state index is 9.42. The van der Waals surface area contributed by atoms with Gasteiger partial charge in [0.25, 0.3) is 0 Å². The molecule has 0 fully saturated rings. The molecule has 0 bridgehead atoms. The van der Waals surface area contributed by atoms with Crippen LogP contribution in [0, 0.1) is 0 Å². The normalized spacial score (nSPS) is 13.2. The van der Waals surface area contributed by atoms with Crippen molar-refractivity contribution in [1.29, 1.82) is 0 Å². The molecule has 2 heteroatoms. The molecular formula is C10H22O2. The second-order valence-corrected chi connectivity index (χ2v) is 3.37. The largest absolute Gasteiger partial charge is 0.396 e. The van der Waals surface area contributed by atoms with Gasteiger partial charge in [0.2, 0.25) is 0 Å². The van der Waals surface area contributed by atoms with Gasteiger partial charge in [-0.3, -0.25) is 0 Å². The average molecular weight is 174 g/mol. The highest BCUT2D eigenvalue weighted by atomic mass is 16.3. The Kier molecular flexibility index (Phi) is 8.95. The van der Waals surface area contributed by atoms with Gasteiger partial charge in [0.1, 0.15) is 0 Å². The first-order valence-electron chi connectivity index (χ1n) is 5.10. The van der Waals surface area contributed by atoms with Crippen LogP contribution in [0.4, 0.5) is 0 Å². The first-order valence-corrected chi connectivity index (χ1v) is 5.10. The lowest BCUT2D eigenvalue weighted by molar-refractivity contribution is 0.144. The second-order valence-electron chi connectivity index (χ2n) is 3.37. The van der Waals surface area contributed by atoms with E-state index in [4.69, 9.17) is 5.11 Å². The van der Waals surface area contributed by atoms with Crippen molar-refractivity contribution >= 4 is 0 Å². The van der Waals surface area contributed by atoms with Crippen LogP contribution >= 0.6 is 0 Å². The van der Waals surface area contributed by atoms with Crippen LogP contribution < -0.4 is 0 Å². The molecule has 0 saturated heterocycles. The molecule has 1 atom stereocenters. The molecule has 2 nitrogen and oxygen atoms in total. The zero-order valence-electron chi connectivity index (χ0n) is 8.13. The Morgan fingerprint density at radius 3 is 2.08 bits per heavy atom. The van der Waals surface area contributed by atoms with Gasteiger partial charge in [-0.1, -0.05) is 26.2 Å². The van der Waals surface area contributed by atoms with Crippen molar-refractivity contribution in [3.05, 3.63) is 0 Å². The van der Waals surface area contributed by atoms with Crippen molar-refractivity contribution < 1.29 is 10.2 Å². The van der Waals surface area contributed by atoms with E-state index in [1.54, 1.807) is 0 Å². The minimum absolute atomic E-state index is 0.136. The average Bonchev–Trinajstić information content (AvgIpc) is 2.06. The smallest absolute Gasteiger partial charge is 0.0540 e. The Bertz CT molecular complexity index is 73.9. The van der Waals surface area contributed by atoms with Crippen molar-refractivity contribution in [2.75, 3.05) is 6.61 Å². The summed E-state index contributed by atoms with van der Waals surface area (Å²) in [4.78, 5) is 0. The van der Waals surface area contributed by atoms with Gasteiger partial charge in [-0.05, 0) is 25.7 Å². The number of hydrogen-bond acceptors (Lipinski definition) is 2. The van der Waals surface area contributed by atoms with Gasteiger partial charge in [-0.15, -0.1) is 0 Å². The third kappa shape index (κ3) is 8.02. The van der Waals surface area contributed by atoms with Crippen LogP contribution in [0.2, 0.25) is 0 Å². The Hall–Kier alpha value is -0.0800. The molecule has 0 aliphatic heterocycles. The number of aliphatic hydroxyl groups excluding tert-OH is 2. The first kappa shape index (κ1) is 11.9. The van der Waals surface area contributed by atoms with E-state index in [0.29, 0.717) is 0 Å². The van der Waals surface area contributed by atoms with Crippen molar-refractivity contribution in [3.8, 4) is 0 Å². The lowest BCUT2D eigenvalue weighted by Gasteiger charge is -2.08. The van der Waals surface area contributed by atoms with Gasteiger partial charge < -0.3 is 10.2 Å². The fourth-order valence-electron chi connectivity index (χ4n) is 1.27. The van der Waals surface area contributed by atoms with Gasteiger partial charge in [-0.25, -0.2) is 0 Å². The molecule has 0 aromatic heterocycles. The lowest BCUT2D eigenvalue weighted by atomic mass is 10.1. The molecule has 0 rings (SSSR count). The molecule has 0 unspecified atom stereocenters. The summed E-state index contributed by atoms with van der Waals surface area (Å²) in [6.07, 6.45) is 6.98. The summed E-state index contributed by atoms with van der Waals surface area (Å²) >= 11 is 0. The molecule has 74 valence electrons. The lowest BCUT2D eigenvalue weighted by Crippen LogP contribution is -2.06. The van der Waals surface area contributed by atoms with Crippen LogP contribution in [0.15, 0.2) is 0 Å². The minimum Gasteiger partial charge on any atom is -0.396 e. The van der Waals surface area contributed by atoms with E-state index in [9.17, 15) is 5.11 Å². The van der Waals surface area contributed by atoms with Crippen LogP contribution in [0.5, 0.6) is 0 Å². The zero-order valence-corrected chi connectivity index (χ0v) is 8.13. The van der Waals surface area contributed by atoms with Crippen molar-refractivity contribution in [3.63, 3.8) is 0 Å². The Balaban J connectivity index is 3.04. The van der Waals surface area contributed by atoms with E-state index in [0.717, 1.165) is 32.1 Å². The van der Waals surface area contributed by atoms with Crippen LogP contribution in [0.3, 0.4) is 0 Å². The zero-order chi connectivity index (χ0) is 9.23. The summed E-state index contributed by atoms with van der Waals surface area (Å²) in [5, 5.41) is 17.9. The summed E-state index contributed by atoms with van der Waals surface area (Å²) in [6, 6.07) is 0. The maximum atomic E-state index is 9.42. The highest BCUT2D eigenvalue weighted by molar-refractivity contribution is 4.55. The van der Waals surface area contributed by atoms with Crippen molar-refractivity contribution in [2.45, 2.75) is 58.0 Å². The van der Waals surface area contributed by atoms with Gasteiger partial charge in [0.05, 0.1) is 6.10 Å². The van der Waals surface area contributed by atoms with E-state index in [1.807, 2.05) is 0 Å². The highest BCUT2D eigenvalue weighted by Crippen LogP contribution is 2.08. The Morgan fingerprint density at radius 2 is 1.58 bits per heavy atom. The third-order valence-corrected chi connectivity index (χ3v) is 2.09. The van der Waals surface area contributed by atoms with Crippen LogP contribution in [0.1, 0.15) is 51.9 Å². The number of aliphatic hydroxyl groups is 2. The number of rotatable bonds is 8. The van der Waals surface area contributed by atoms with E-state index >= 15 is 0 Å². The molecule has 0 amide bonds. The van der Waals surface area contributed by atoms with E-state index < -0.39 is 0 Å². The predicted molar refractivity (Wildman–Crippen MR) is 51.1 cm³/mol. The molecule has 12 heavy (non-hydrogen) atoms. The molecule has 0 saturated carbocycles. The topological polar surface area (TPSA) is 40.5 Å². The molecule has 0 aromatic carbocycles. The van der Waals surface area contributed by atoms with Gasteiger partial charge >= 0.3 is 0 Å².